The van der Waals surface area contributed by atoms with Crippen LogP contribution in [0.15, 0.2) is 0 Å². The predicted molar refractivity (Wildman–Crippen MR) is 65.1 cm³/mol. The largest absolute Gasteiger partial charge is 0.312 e. The maximum Gasteiger partial charge on any atom is 0.0306 e. The van der Waals surface area contributed by atoms with Gasteiger partial charge in [-0.15, -0.1) is 0 Å². The summed E-state index contributed by atoms with van der Waals surface area (Å²) in [5.74, 6) is 0.959. The Morgan fingerprint density at radius 2 is 2.20 bits per heavy atom. The lowest BCUT2D eigenvalue weighted by Gasteiger charge is -2.38. The number of nitrogens with one attached hydrogen (secondary N) is 2. The third-order valence-corrected chi connectivity index (χ3v) is 4.16. The number of hydrogen-bond donors (Lipinski definition) is 2. The van der Waals surface area contributed by atoms with Gasteiger partial charge in [0.15, 0.2) is 0 Å². The molecule has 15 heavy (non-hydrogen) atoms. The van der Waals surface area contributed by atoms with Crippen LogP contribution in [0.1, 0.15) is 52.4 Å². The summed E-state index contributed by atoms with van der Waals surface area (Å²) in [5, 5.41) is 7.48. The molecule has 2 N–H and O–H groups in total. The fourth-order valence-electron chi connectivity index (χ4n) is 3.21. The summed E-state index contributed by atoms with van der Waals surface area (Å²) >= 11 is 0. The molecule has 0 aromatic carbocycles. The molecule has 1 unspecified atom stereocenters. The molecule has 1 saturated heterocycles. The molecule has 1 saturated carbocycles. The maximum absolute atomic E-state index is 3.75. The molecule has 1 atom stereocenters. The summed E-state index contributed by atoms with van der Waals surface area (Å²) in [6, 6.07) is 0.816. The second kappa shape index (κ2) is 4.84. The first kappa shape index (κ1) is 11.4. The van der Waals surface area contributed by atoms with Crippen molar-refractivity contribution in [1.82, 2.24) is 10.6 Å². The van der Waals surface area contributed by atoms with Crippen LogP contribution in [0.4, 0.5) is 0 Å². The lowest BCUT2D eigenvalue weighted by molar-refractivity contribution is 0.212. The zero-order valence-corrected chi connectivity index (χ0v) is 10.3. The van der Waals surface area contributed by atoms with E-state index >= 15 is 0 Å². The van der Waals surface area contributed by atoms with E-state index in [1.807, 2.05) is 0 Å². The summed E-state index contributed by atoms with van der Waals surface area (Å²) in [6.45, 7) is 7.07. The summed E-state index contributed by atoms with van der Waals surface area (Å²) < 4.78 is 0. The average Bonchev–Trinajstić information content (AvgIpc) is 2.61. The van der Waals surface area contributed by atoms with Crippen molar-refractivity contribution in [2.75, 3.05) is 13.1 Å². The molecule has 2 aliphatic rings. The first-order chi connectivity index (χ1) is 7.24. The van der Waals surface area contributed by atoms with Gasteiger partial charge in [0, 0.05) is 18.1 Å². The van der Waals surface area contributed by atoms with E-state index in [1.165, 1.54) is 51.6 Å². The standard InChI is InChI=1S/C13H26N2/c1-3-5-13(6-4-7-15-13)10-14-12-8-11(2)9-12/h11-12,14-15H,3-10H2,1-2H3. The van der Waals surface area contributed by atoms with E-state index < -0.39 is 0 Å². The summed E-state index contributed by atoms with van der Waals surface area (Å²) in [5.41, 5.74) is 0.438. The third kappa shape index (κ3) is 2.73. The third-order valence-electron chi connectivity index (χ3n) is 4.16. The van der Waals surface area contributed by atoms with Crippen molar-refractivity contribution in [2.45, 2.75) is 64.0 Å². The molecule has 0 bridgehead atoms. The van der Waals surface area contributed by atoms with Gasteiger partial charge in [-0.2, -0.15) is 0 Å². The Kier molecular flexibility index (Phi) is 3.68. The van der Waals surface area contributed by atoms with Gasteiger partial charge < -0.3 is 10.6 Å². The van der Waals surface area contributed by atoms with E-state index in [9.17, 15) is 0 Å². The molecule has 1 aliphatic carbocycles. The van der Waals surface area contributed by atoms with E-state index in [0.29, 0.717) is 5.54 Å². The molecule has 2 fully saturated rings. The fraction of sp³-hybridized carbons (Fsp3) is 1.00. The normalized spacial score (nSPS) is 40.4. The Balaban J connectivity index is 1.74. The van der Waals surface area contributed by atoms with Gasteiger partial charge in [0.05, 0.1) is 0 Å². The monoisotopic (exact) mass is 210 g/mol. The first-order valence-corrected chi connectivity index (χ1v) is 6.72. The highest BCUT2D eigenvalue weighted by molar-refractivity contribution is 4.96. The molecule has 0 spiro atoms. The van der Waals surface area contributed by atoms with Crippen molar-refractivity contribution in [3.8, 4) is 0 Å². The highest BCUT2D eigenvalue weighted by atomic mass is 15.1. The molecule has 2 heteroatoms. The quantitative estimate of drug-likeness (QED) is 0.727. The minimum Gasteiger partial charge on any atom is -0.312 e. The topological polar surface area (TPSA) is 24.1 Å². The van der Waals surface area contributed by atoms with Gasteiger partial charge in [-0.1, -0.05) is 20.3 Å². The Morgan fingerprint density at radius 3 is 2.73 bits per heavy atom. The molecule has 1 heterocycles. The Hall–Kier alpha value is -0.0800. The lowest BCUT2D eigenvalue weighted by Crippen LogP contribution is -2.53. The molecule has 1 aliphatic heterocycles. The van der Waals surface area contributed by atoms with Crippen molar-refractivity contribution >= 4 is 0 Å². The van der Waals surface area contributed by atoms with Crippen molar-refractivity contribution in [3.63, 3.8) is 0 Å². The summed E-state index contributed by atoms with van der Waals surface area (Å²) in [6.07, 6.45) is 8.15. The van der Waals surface area contributed by atoms with Crippen molar-refractivity contribution in [1.29, 1.82) is 0 Å². The van der Waals surface area contributed by atoms with E-state index in [-0.39, 0.29) is 0 Å². The molecule has 0 aromatic heterocycles. The van der Waals surface area contributed by atoms with E-state index in [2.05, 4.69) is 24.5 Å². The molecular weight excluding hydrogens is 184 g/mol. The van der Waals surface area contributed by atoms with E-state index in [0.717, 1.165) is 12.0 Å². The van der Waals surface area contributed by atoms with Crippen LogP contribution in [0.2, 0.25) is 0 Å². The molecule has 0 amide bonds. The number of hydrogen-bond acceptors (Lipinski definition) is 2. The van der Waals surface area contributed by atoms with Crippen LogP contribution >= 0.6 is 0 Å². The van der Waals surface area contributed by atoms with Gasteiger partial charge >= 0.3 is 0 Å². The second-order valence-corrected chi connectivity index (χ2v) is 5.72. The molecular formula is C13H26N2. The predicted octanol–water partition coefficient (Wildman–Crippen LogP) is 2.30. The van der Waals surface area contributed by atoms with Crippen LogP contribution in [0.3, 0.4) is 0 Å². The molecule has 2 nitrogen and oxygen atoms in total. The highest BCUT2D eigenvalue weighted by Crippen LogP contribution is 2.28. The van der Waals surface area contributed by atoms with Crippen molar-refractivity contribution in [3.05, 3.63) is 0 Å². The SMILES string of the molecule is CCCC1(CNC2CC(C)C2)CCCN1. The Labute approximate surface area is 94.2 Å². The highest BCUT2D eigenvalue weighted by Gasteiger charge is 2.34. The zero-order valence-electron chi connectivity index (χ0n) is 10.3. The average molecular weight is 210 g/mol. The van der Waals surface area contributed by atoms with Crippen LogP contribution in [0.25, 0.3) is 0 Å². The van der Waals surface area contributed by atoms with Gasteiger partial charge in [-0.3, -0.25) is 0 Å². The van der Waals surface area contributed by atoms with Gasteiger partial charge in [0.25, 0.3) is 0 Å². The van der Waals surface area contributed by atoms with Gasteiger partial charge in [-0.25, -0.2) is 0 Å². The van der Waals surface area contributed by atoms with Crippen LogP contribution in [-0.4, -0.2) is 24.7 Å². The maximum atomic E-state index is 3.75. The summed E-state index contributed by atoms with van der Waals surface area (Å²) in [7, 11) is 0. The van der Waals surface area contributed by atoms with E-state index in [1.54, 1.807) is 0 Å². The first-order valence-electron chi connectivity index (χ1n) is 6.72. The Morgan fingerprint density at radius 1 is 1.40 bits per heavy atom. The molecule has 0 aromatic rings. The molecule has 2 rings (SSSR count). The molecule has 88 valence electrons. The summed E-state index contributed by atoms with van der Waals surface area (Å²) in [4.78, 5) is 0. The van der Waals surface area contributed by atoms with Gasteiger partial charge in [-0.05, 0) is 44.6 Å². The Bertz CT molecular complexity index is 191. The second-order valence-electron chi connectivity index (χ2n) is 5.72. The minimum absolute atomic E-state index is 0.438. The van der Waals surface area contributed by atoms with Crippen LogP contribution in [0.5, 0.6) is 0 Å². The van der Waals surface area contributed by atoms with Crippen molar-refractivity contribution < 1.29 is 0 Å². The van der Waals surface area contributed by atoms with Gasteiger partial charge in [0.2, 0.25) is 0 Å². The molecule has 0 radical (unpaired) electrons. The van der Waals surface area contributed by atoms with E-state index in [4.69, 9.17) is 0 Å². The minimum atomic E-state index is 0.438. The fourth-order valence-corrected chi connectivity index (χ4v) is 3.21. The zero-order chi connectivity index (χ0) is 10.7. The van der Waals surface area contributed by atoms with Crippen molar-refractivity contribution in [2.24, 2.45) is 5.92 Å². The van der Waals surface area contributed by atoms with Crippen LogP contribution in [-0.2, 0) is 0 Å². The van der Waals surface area contributed by atoms with Crippen LogP contribution < -0.4 is 10.6 Å². The lowest BCUT2D eigenvalue weighted by atomic mass is 9.81. The smallest absolute Gasteiger partial charge is 0.0306 e. The number of rotatable bonds is 5. The van der Waals surface area contributed by atoms with Gasteiger partial charge in [0.1, 0.15) is 0 Å². The van der Waals surface area contributed by atoms with Crippen LogP contribution in [0, 0.1) is 5.92 Å².